The quantitative estimate of drug-likeness (QED) is 0.739. The lowest BCUT2D eigenvalue weighted by molar-refractivity contribution is 0.0325. The van der Waals surface area contributed by atoms with Gasteiger partial charge in [0.25, 0.3) is 0 Å². The molecule has 5 heteroatoms. The molecule has 18 heavy (non-hydrogen) atoms. The number of hydrogen-bond acceptors (Lipinski definition) is 4. The van der Waals surface area contributed by atoms with Crippen LogP contribution in [0, 0.1) is 0 Å². The van der Waals surface area contributed by atoms with Gasteiger partial charge in [0.05, 0.1) is 32.5 Å². The van der Waals surface area contributed by atoms with Crippen LogP contribution in [0.3, 0.4) is 0 Å². The molecule has 1 aliphatic heterocycles. The van der Waals surface area contributed by atoms with Crippen LogP contribution in [0.4, 0.5) is 4.79 Å². The Morgan fingerprint density at radius 2 is 2.17 bits per heavy atom. The molecule has 1 rings (SSSR count). The number of amides is 1. The Bertz CT molecular complexity index is 268. The minimum absolute atomic E-state index is 0.00845. The topological polar surface area (TPSA) is 59.0 Å². The SMILES string of the molecule is CCCCOC(=O)N1C[C@@H](OCCO)CC1(C)C. The normalized spacial score (nSPS) is 22.2. The van der Waals surface area contributed by atoms with Crippen LogP contribution in [0.2, 0.25) is 0 Å². The van der Waals surface area contributed by atoms with Gasteiger partial charge in [-0.1, -0.05) is 13.3 Å². The van der Waals surface area contributed by atoms with E-state index in [2.05, 4.69) is 6.92 Å². The van der Waals surface area contributed by atoms with Crippen LogP contribution in [0.5, 0.6) is 0 Å². The van der Waals surface area contributed by atoms with Gasteiger partial charge in [-0.05, 0) is 26.7 Å². The lowest BCUT2D eigenvalue weighted by Crippen LogP contribution is -2.43. The number of carbonyl (C=O) groups excluding carboxylic acids is 1. The molecule has 1 aliphatic rings. The van der Waals surface area contributed by atoms with Crippen molar-refractivity contribution < 1.29 is 19.4 Å². The molecule has 106 valence electrons. The number of carbonyl (C=O) groups is 1. The molecule has 0 unspecified atom stereocenters. The third-order valence-corrected chi connectivity index (χ3v) is 3.23. The molecule has 0 aliphatic carbocycles. The van der Waals surface area contributed by atoms with Crippen LogP contribution in [0.15, 0.2) is 0 Å². The van der Waals surface area contributed by atoms with E-state index in [9.17, 15) is 4.79 Å². The predicted octanol–water partition coefficient (Wildman–Crippen LogP) is 1.78. The molecule has 1 heterocycles. The van der Waals surface area contributed by atoms with Crippen LogP contribution in [-0.2, 0) is 9.47 Å². The summed E-state index contributed by atoms with van der Waals surface area (Å²) in [5.74, 6) is 0. The van der Waals surface area contributed by atoms with E-state index in [-0.39, 0.29) is 24.3 Å². The zero-order chi connectivity index (χ0) is 13.6. The maximum absolute atomic E-state index is 12.0. The first kappa shape index (κ1) is 15.2. The van der Waals surface area contributed by atoms with Crippen molar-refractivity contribution in [3.8, 4) is 0 Å². The van der Waals surface area contributed by atoms with Crippen LogP contribution < -0.4 is 0 Å². The highest BCUT2D eigenvalue weighted by Crippen LogP contribution is 2.30. The number of ether oxygens (including phenoxy) is 2. The molecule has 0 spiro atoms. The number of unbranched alkanes of at least 4 members (excludes halogenated alkanes) is 1. The summed E-state index contributed by atoms with van der Waals surface area (Å²) >= 11 is 0. The van der Waals surface area contributed by atoms with Gasteiger partial charge in [0.15, 0.2) is 0 Å². The highest BCUT2D eigenvalue weighted by Gasteiger charge is 2.42. The Balaban J connectivity index is 2.46. The molecule has 0 saturated carbocycles. The average Bonchev–Trinajstić information content (AvgIpc) is 2.62. The summed E-state index contributed by atoms with van der Waals surface area (Å²) in [6.07, 6.45) is 2.41. The first-order chi connectivity index (χ1) is 8.51. The van der Waals surface area contributed by atoms with Crippen LogP contribution in [-0.4, -0.2) is 54.1 Å². The summed E-state index contributed by atoms with van der Waals surface area (Å²) in [4.78, 5) is 13.7. The Labute approximate surface area is 109 Å². The Morgan fingerprint density at radius 1 is 1.44 bits per heavy atom. The summed E-state index contributed by atoms with van der Waals surface area (Å²) in [6.45, 7) is 7.43. The summed E-state index contributed by atoms with van der Waals surface area (Å²) in [5.41, 5.74) is -0.247. The fourth-order valence-corrected chi connectivity index (χ4v) is 2.22. The summed E-state index contributed by atoms with van der Waals surface area (Å²) in [5, 5.41) is 8.74. The van der Waals surface area contributed by atoms with E-state index in [1.165, 1.54) is 0 Å². The fraction of sp³-hybridized carbons (Fsp3) is 0.923. The Kier molecular flexibility index (Phi) is 5.88. The van der Waals surface area contributed by atoms with Crippen LogP contribution in [0.25, 0.3) is 0 Å². The zero-order valence-corrected chi connectivity index (χ0v) is 11.6. The first-order valence-electron chi connectivity index (χ1n) is 6.68. The number of aliphatic hydroxyl groups is 1. The first-order valence-corrected chi connectivity index (χ1v) is 6.68. The zero-order valence-electron chi connectivity index (χ0n) is 11.6. The van der Waals surface area contributed by atoms with E-state index in [0.29, 0.717) is 19.8 Å². The third kappa shape index (κ3) is 4.14. The number of aliphatic hydroxyl groups excluding tert-OH is 1. The molecule has 0 radical (unpaired) electrons. The van der Waals surface area contributed by atoms with Crippen molar-refractivity contribution in [3.05, 3.63) is 0 Å². The second-order valence-corrected chi connectivity index (χ2v) is 5.31. The van der Waals surface area contributed by atoms with Gasteiger partial charge in [0.1, 0.15) is 0 Å². The molecule has 1 atom stereocenters. The van der Waals surface area contributed by atoms with Gasteiger partial charge in [0, 0.05) is 5.54 Å². The molecule has 0 aromatic rings. The molecule has 5 nitrogen and oxygen atoms in total. The molecule has 1 saturated heterocycles. The van der Waals surface area contributed by atoms with Gasteiger partial charge < -0.3 is 19.5 Å². The van der Waals surface area contributed by atoms with Crippen LogP contribution in [0.1, 0.15) is 40.0 Å². The van der Waals surface area contributed by atoms with Crippen molar-refractivity contribution in [2.45, 2.75) is 51.7 Å². The summed E-state index contributed by atoms with van der Waals surface area (Å²) in [7, 11) is 0. The van der Waals surface area contributed by atoms with Gasteiger partial charge in [-0.2, -0.15) is 0 Å². The second kappa shape index (κ2) is 6.95. The van der Waals surface area contributed by atoms with Crippen molar-refractivity contribution in [1.82, 2.24) is 4.90 Å². The lowest BCUT2D eigenvalue weighted by atomic mass is 10.0. The van der Waals surface area contributed by atoms with Gasteiger partial charge in [0.2, 0.25) is 0 Å². The number of likely N-dealkylation sites (tertiary alicyclic amines) is 1. The number of nitrogens with zero attached hydrogens (tertiary/aromatic N) is 1. The largest absolute Gasteiger partial charge is 0.449 e. The fourth-order valence-electron chi connectivity index (χ4n) is 2.22. The molecule has 0 aromatic carbocycles. The van der Waals surface area contributed by atoms with E-state index >= 15 is 0 Å². The lowest BCUT2D eigenvalue weighted by Gasteiger charge is -2.30. The maximum atomic E-state index is 12.0. The monoisotopic (exact) mass is 259 g/mol. The highest BCUT2D eigenvalue weighted by atomic mass is 16.6. The van der Waals surface area contributed by atoms with E-state index < -0.39 is 0 Å². The third-order valence-electron chi connectivity index (χ3n) is 3.23. The van der Waals surface area contributed by atoms with E-state index in [1.54, 1.807) is 4.90 Å². The van der Waals surface area contributed by atoms with Gasteiger partial charge in [-0.15, -0.1) is 0 Å². The van der Waals surface area contributed by atoms with Crippen molar-refractivity contribution in [2.24, 2.45) is 0 Å². The highest BCUT2D eigenvalue weighted by molar-refractivity contribution is 5.69. The number of hydrogen-bond donors (Lipinski definition) is 1. The van der Waals surface area contributed by atoms with Crippen LogP contribution >= 0.6 is 0 Å². The number of rotatable bonds is 6. The molecule has 1 amide bonds. The van der Waals surface area contributed by atoms with Gasteiger partial charge in [-0.25, -0.2) is 4.79 Å². The van der Waals surface area contributed by atoms with Crippen molar-refractivity contribution >= 4 is 6.09 Å². The van der Waals surface area contributed by atoms with Crippen molar-refractivity contribution in [3.63, 3.8) is 0 Å². The Hall–Kier alpha value is -0.810. The summed E-state index contributed by atoms with van der Waals surface area (Å²) < 4.78 is 10.7. The average molecular weight is 259 g/mol. The van der Waals surface area contributed by atoms with E-state index in [4.69, 9.17) is 14.6 Å². The van der Waals surface area contributed by atoms with Crippen molar-refractivity contribution in [2.75, 3.05) is 26.4 Å². The van der Waals surface area contributed by atoms with E-state index in [0.717, 1.165) is 19.3 Å². The second-order valence-electron chi connectivity index (χ2n) is 5.31. The molecule has 0 bridgehead atoms. The predicted molar refractivity (Wildman–Crippen MR) is 68.5 cm³/mol. The molecule has 0 aromatic heterocycles. The van der Waals surface area contributed by atoms with E-state index in [1.807, 2.05) is 13.8 Å². The maximum Gasteiger partial charge on any atom is 0.410 e. The minimum atomic E-state index is -0.261. The Morgan fingerprint density at radius 3 is 2.78 bits per heavy atom. The molecule has 1 fully saturated rings. The molecular weight excluding hydrogens is 234 g/mol. The molecular formula is C13H25NO4. The standard InChI is InChI=1S/C13H25NO4/c1-4-5-7-18-12(16)14-10-11(17-8-6-15)9-13(14,2)3/h11,15H,4-10H2,1-3H3/t11-/m0/s1. The van der Waals surface area contributed by atoms with Gasteiger partial charge >= 0.3 is 6.09 Å². The van der Waals surface area contributed by atoms with Crippen molar-refractivity contribution in [1.29, 1.82) is 0 Å². The minimum Gasteiger partial charge on any atom is -0.449 e. The summed E-state index contributed by atoms with van der Waals surface area (Å²) in [6, 6.07) is 0. The van der Waals surface area contributed by atoms with Gasteiger partial charge in [-0.3, -0.25) is 0 Å². The smallest absolute Gasteiger partial charge is 0.410 e. The molecule has 1 N–H and O–H groups in total.